The smallest absolute Gasteiger partial charge is 0.244 e. The first-order valence-electron chi connectivity index (χ1n) is 5.91. The van der Waals surface area contributed by atoms with Gasteiger partial charge in [-0.05, 0) is 18.8 Å². The highest BCUT2D eigenvalue weighted by atomic mass is 32.2. The van der Waals surface area contributed by atoms with Crippen molar-refractivity contribution in [1.82, 2.24) is 14.9 Å². The fraction of sp³-hybridized carbons (Fsp3) is 0.727. The van der Waals surface area contributed by atoms with Crippen LogP contribution in [0.3, 0.4) is 0 Å². The van der Waals surface area contributed by atoms with Crippen LogP contribution in [-0.2, 0) is 16.6 Å². The monoisotopic (exact) mass is 274 g/mol. The van der Waals surface area contributed by atoms with Gasteiger partial charge < -0.3 is 5.73 Å². The van der Waals surface area contributed by atoms with Crippen LogP contribution in [-0.4, -0.2) is 25.2 Å². The Labute approximate surface area is 108 Å². The normalized spacial score (nSPS) is 12.9. The summed E-state index contributed by atoms with van der Waals surface area (Å²) in [7, 11) is -3.54. The molecule has 1 aromatic rings. The molecule has 1 heterocycles. The fourth-order valence-corrected chi connectivity index (χ4v) is 3.00. The second kappa shape index (κ2) is 5.38. The summed E-state index contributed by atoms with van der Waals surface area (Å²) in [4.78, 5) is 0.180. The predicted octanol–water partition coefficient (Wildman–Crippen LogP) is 0.891. The van der Waals surface area contributed by atoms with E-state index in [-0.39, 0.29) is 16.9 Å². The Hall–Kier alpha value is -0.920. The summed E-state index contributed by atoms with van der Waals surface area (Å²) >= 11 is 0. The van der Waals surface area contributed by atoms with Gasteiger partial charge >= 0.3 is 0 Å². The van der Waals surface area contributed by atoms with Crippen LogP contribution in [0.1, 0.15) is 38.6 Å². The molecule has 0 radical (unpaired) electrons. The highest BCUT2D eigenvalue weighted by molar-refractivity contribution is 7.89. The van der Waals surface area contributed by atoms with Crippen molar-refractivity contribution < 1.29 is 8.42 Å². The van der Waals surface area contributed by atoms with Gasteiger partial charge in [0.15, 0.2) is 0 Å². The Kier molecular flexibility index (Phi) is 4.52. The number of nitrogens with two attached hydrogens (primary N) is 1. The summed E-state index contributed by atoms with van der Waals surface area (Å²) in [5.74, 6) is 0. The molecule has 6 nitrogen and oxygen atoms in total. The topological polar surface area (TPSA) is 101 Å². The summed E-state index contributed by atoms with van der Waals surface area (Å²) < 4.78 is 26.9. The molecule has 1 aromatic heterocycles. The molecule has 104 valence electrons. The van der Waals surface area contributed by atoms with Crippen LogP contribution in [0.5, 0.6) is 0 Å². The maximum atomic E-state index is 12.2. The zero-order valence-corrected chi connectivity index (χ0v) is 12.2. The number of nitrogens with one attached hydrogen (secondary N) is 2. The van der Waals surface area contributed by atoms with Crippen molar-refractivity contribution in [3.05, 3.63) is 11.4 Å². The van der Waals surface area contributed by atoms with E-state index in [9.17, 15) is 8.42 Å². The van der Waals surface area contributed by atoms with Crippen LogP contribution < -0.4 is 10.5 Å². The second-order valence-corrected chi connectivity index (χ2v) is 7.24. The van der Waals surface area contributed by atoms with Gasteiger partial charge in [0.2, 0.25) is 10.0 Å². The minimum Gasteiger partial charge on any atom is -0.325 e. The lowest BCUT2D eigenvalue weighted by molar-refractivity contribution is 0.378. The third-order valence-electron chi connectivity index (χ3n) is 2.59. The quantitative estimate of drug-likeness (QED) is 0.742. The van der Waals surface area contributed by atoms with E-state index in [1.165, 1.54) is 0 Å². The van der Waals surface area contributed by atoms with E-state index in [4.69, 9.17) is 5.73 Å². The fourth-order valence-electron chi connectivity index (χ4n) is 1.60. The molecular weight excluding hydrogens is 252 g/mol. The minimum absolute atomic E-state index is 0.0880. The first kappa shape index (κ1) is 15.1. The van der Waals surface area contributed by atoms with Crippen LogP contribution in [0.4, 0.5) is 0 Å². The lowest BCUT2D eigenvalue weighted by atomic mass is 9.93. The highest BCUT2D eigenvalue weighted by Crippen LogP contribution is 2.19. The molecular formula is C11H22N4O2S. The van der Waals surface area contributed by atoms with E-state index >= 15 is 0 Å². The van der Waals surface area contributed by atoms with Crippen LogP contribution in [0.15, 0.2) is 4.90 Å². The van der Waals surface area contributed by atoms with Gasteiger partial charge in [-0.25, -0.2) is 13.1 Å². The largest absolute Gasteiger partial charge is 0.325 e. The zero-order chi connectivity index (χ0) is 14.0. The van der Waals surface area contributed by atoms with Crippen LogP contribution in [0.2, 0.25) is 0 Å². The molecule has 0 spiro atoms. The number of nitrogens with zero attached hydrogens (tertiary/aromatic N) is 1. The van der Waals surface area contributed by atoms with Gasteiger partial charge in [0.25, 0.3) is 0 Å². The first-order chi connectivity index (χ1) is 8.17. The molecule has 18 heavy (non-hydrogen) atoms. The minimum atomic E-state index is -3.54. The zero-order valence-electron chi connectivity index (χ0n) is 11.4. The number of hydrogen-bond acceptors (Lipinski definition) is 4. The molecule has 0 saturated heterocycles. The van der Waals surface area contributed by atoms with Gasteiger partial charge in [0.05, 0.1) is 11.4 Å². The molecule has 0 atom stereocenters. The summed E-state index contributed by atoms with van der Waals surface area (Å²) in [6, 6.07) is 0. The third-order valence-corrected chi connectivity index (χ3v) is 4.25. The van der Waals surface area contributed by atoms with Gasteiger partial charge in [-0.2, -0.15) is 5.10 Å². The van der Waals surface area contributed by atoms with Crippen molar-refractivity contribution in [2.24, 2.45) is 11.1 Å². The van der Waals surface area contributed by atoms with Crippen molar-refractivity contribution in [3.8, 4) is 0 Å². The van der Waals surface area contributed by atoms with Gasteiger partial charge in [-0.3, -0.25) is 5.10 Å². The standard InChI is InChI=1S/C11H22N4O2S/c1-8-10(9(7-12)15-14-8)18(16,17)13-6-5-11(2,3)4/h13H,5-7,12H2,1-4H3,(H,14,15). The summed E-state index contributed by atoms with van der Waals surface area (Å²) in [6.45, 7) is 8.37. The molecule has 0 aromatic carbocycles. The van der Waals surface area contributed by atoms with E-state index in [0.717, 1.165) is 6.42 Å². The molecule has 0 saturated carbocycles. The molecule has 7 heteroatoms. The van der Waals surface area contributed by atoms with Crippen molar-refractivity contribution in [2.45, 2.75) is 45.6 Å². The van der Waals surface area contributed by atoms with Crippen molar-refractivity contribution in [2.75, 3.05) is 6.54 Å². The number of aromatic amines is 1. The maximum Gasteiger partial charge on any atom is 0.244 e. The number of sulfonamides is 1. The van der Waals surface area contributed by atoms with Gasteiger partial charge in [-0.15, -0.1) is 0 Å². The van der Waals surface area contributed by atoms with E-state index < -0.39 is 10.0 Å². The number of hydrogen-bond donors (Lipinski definition) is 3. The number of aryl methyl sites for hydroxylation is 1. The number of rotatable bonds is 5. The molecule has 0 bridgehead atoms. The second-order valence-electron chi connectivity index (χ2n) is 5.54. The Morgan fingerprint density at radius 1 is 1.39 bits per heavy atom. The molecule has 0 amide bonds. The van der Waals surface area contributed by atoms with E-state index in [1.807, 2.05) is 0 Å². The van der Waals surface area contributed by atoms with E-state index in [2.05, 4.69) is 35.7 Å². The lowest BCUT2D eigenvalue weighted by Crippen LogP contribution is -2.28. The first-order valence-corrected chi connectivity index (χ1v) is 7.39. The van der Waals surface area contributed by atoms with Crippen molar-refractivity contribution in [1.29, 1.82) is 0 Å². The Morgan fingerprint density at radius 2 is 2.00 bits per heavy atom. The van der Waals surface area contributed by atoms with Crippen LogP contribution in [0.25, 0.3) is 0 Å². The Balaban J connectivity index is 2.84. The average molecular weight is 274 g/mol. The molecule has 0 aliphatic heterocycles. The molecule has 0 unspecified atom stereocenters. The van der Waals surface area contributed by atoms with Crippen molar-refractivity contribution in [3.63, 3.8) is 0 Å². The molecule has 1 rings (SSSR count). The Morgan fingerprint density at radius 3 is 2.50 bits per heavy atom. The number of aromatic nitrogens is 2. The molecule has 4 N–H and O–H groups in total. The highest BCUT2D eigenvalue weighted by Gasteiger charge is 2.23. The predicted molar refractivity (Wildman–Crippen MR) is 70.5 cm³/mol. The summed E-state index contributed by atoms with van der Waals surface area (Å²) in [6.07, 6.45) is 0.765. The number of H-pyrrole nitrogens is 1. The maximum absolute atomic E-state index is 12.2. The average Bonchev–Trinajstić information content (AvgIpc) is 2.57. The van der Waals surface area contributed by atoms with Gasteiger partial charge in [-0.1, -0.05) is 20.8 Å². The van der Waals surface area contributed by atoms with Crippen LogP contribution in [0, 0.1) is 12.3 Å². The molecule has 0 fully saturated rings. The summed E-state index contributed by atoms with van der Waals surface area (Å²) in [5.41, 5.74) is 6.46. The molecule has 0 aliphatic rings. The lowest BCUT2D eigenvalue weighted by Gasteiger charge is -2.18. The van der Waals surface area contributed by atoms with Gasteiger partial charge in [0, 0.05) is 13.1 Å². The summed E-state index contributed by atoms with van der Waals surface area (Å²) in [5, 5.41) is 6.54. The molecule has 0 aliphatic carbocycles. The Bertz CT molecular complexity index is 500. The SMILES string of the molecule is Cc1[nH]nc(CN)c1S(=O)(=O)NCCC(C)(C)C. The third kappa shape index (κ3) is 3.79. The van der Waals surface area contributed by atoms with Crippen LogP contribution >= 0.6 is 0 Å². The van der Waals surface area contributed by atoms with E-state index in [0.29, 0.717) is 17.9 Å². The van der Waals surface area contributed by atoms with E-state index in [1.54, 1.807) is 6.92 Å². The van der Waals surface area contributed by atoms with Crippen molar-refractivity contribution >= 4 is 10.0 Å². The van der Waals surface area contributed by atoms with Gasteiger partial charge in [0.1, 0.15) is 4.90 Å².